The number of benzene rings is 3. The Bertz CT molecular complexity index is 1370. The van der Waals surface area contributed by atoms with Crippen LogP contribution in [0.5, 0.6) is 11.5 Å². The molecule has 0 unspecified atom stereocenters. The van der Waals surface area contributed by atoms with Crippen LogP contribution in [0.25, 0.3) is 0 Å². The van der Waals surface area contributed by atoms with Crippen LogP contribution in [0.3, 0.4) is 0 Å². The number of amides is 2. The third-order valence-electron chi connectivity index (χ3n) is 6.25. The van der Waals surface area contributed by atoms with Crippen molar-refractivity contribution >= 4 is 27.5 Å². The summed E-state index contributed by atoms with van der Waals surface area (Å²) in [5.41, 5.74) is 2.01. The molecule has 0 radical (unpaired) electrons. The highest BCUT2D eigenvalue weighted by molar-refractivity contribution is 7.92. The molecule has 0 spiro atoms. The Morgan fingerprint density at radius 1 is 0.923 bits per heavy atom. The Hall–Kier alpha value is -4.05. The molecule has 0 fully saturated rings. The minimum Gasteiger partial charge on any atom is -0.497 e. The summed E-state index contributed by atoms with van der Waals surface area (Å²) >= 11 is 0. The van der Waals surface area contributed by atoms with Crippen molar-refractivity contribution in [2.24, 2.45) is 0 Å². The van der Waals surface area contributed by atoms with E-state index in [-0.39, 0.29) is 17.3 Å². The quantitative estimate of drug-likeness (QED) is 0.366. The number of sulfonamides is 1. The maximum atomic E-state index is 13.9. The van der Waals surface area contributed by atoms with Gasteiger partial charge < -0.3 is 19.7 Å². The second-order valence-electron chi connectivity index (χ2n) is 8.97. The van der Waals surface area contributed by atoms with Gasteiger partial charge in [0, 0.05) is 13.1 Å². The van der Waals surface area contributed by atoms with Gasteiger partial charge in [-0.1, -0.05) is 29.8 Å². The number of hydrogen-bond acceptors (Lipinski definition) is 6. The summed E-state index contributed by atoms with van der Waals surface area (Å²) in [4.78, 5) is 28.1. The van der Waals surface area contributed by atoms with Crippen LogP contribution in [-0.2, 0) is 26.2 Å². The number of rotatable bonds is 12. The smallest absolute Gasteiger partial charge is 0.264 e. The van der Waals surface area contributed by atoms with Gasteiger partial charge in [0.2, 0.25) is 11.8 Å². The van der Waals surface area contributed by atoms with Gasteiger partial charge >= 0.3 is 0 Å². The lowest BCUT2D eigenvalue weighted by Gasteiger charge is -2.32. The van der Waals surface area contributed by atoms with E-state index in [1.54, 1.807) is 75.6 Å². The molecule has 3 aromatic rings. The SMILES string of the molecule is CCNC(=O)[C@@H](C)N(Cc1cccc(OC)c1)C(=O)CN(c1ccc(C)cc1)S(=O)(=O)c1ccc(OC)cc1. The fourth-order valence-electron chi connectivity index (χ4n) is 3.99. The first-order valence-electron chi connectivity index (χ1n) is 12.5. The minimum absolute atomic E-state index is 0.00722. The second-order valence-corrected chi connectivity index (χ2v) is 10.8. The minimum atomic E-state index is -4.15. The molecular weight excluding hydrogens is 518 g/mol. The first-order valence-corrected chi connectivity index (χ1v) is 14.0. The van der Waals surface area contributed by atoms with Crippen molar-refractivity contribution in [3.63, 3.8) is 0 Å². The zero-order valence-electron chi connectivity index (χ0n) is 22.9. The molecule has 1 atom stereocenters. The van der Waals surface area contributed by atoms with Gasteiger partial charge in [0.25, 0.3) is 10.0 Å². The average molecular weight is 554 g/mol. The molecule has 1 N–H and O–H groups in total. The van der Waals surface area contributed by atoms with E-state index in [1.807, 2.05) is 13.0 Å². The summed E-state index contributed by atoms with van der Waals surface area (Å²) in [6.45, 7) is 5.27. The monoisotopic (exact) mass is 553 g/mol. The summed E-state index contributed by atoms with van der Waals surface area (Å²) in [6.07, 6.45) is 0. The number of hydrogen-bond donors (Lipinski definition) is 1. The van der Waals surface area contributed by atoms with Crippen molar-refractivity contribution in [2.75, 3.05) is 31.6 Å². The summed E-state index contributed by atoms with van der Waals surface area (Å²) in [5.74, 6) is 0.240. The molecule has 0 saturated carbocycles. The Morgan fingerprint density at radius 2 is 1.56 bits per heavy atom. The Morgan fingerprint density at radius 3 is 2.15 bits per heavy atom. The number of nitrogens with one attached hydrogen (secondary N) is 1. The average Bonchev–Trinajstić information content (AvgIpc) is 2.94. The molecule has 0 heterocycles. The molecule has 39 heavy (non-hydrogen) atoms. The lowest BCUT2D eigenvalue weighted by Crippen LogP contribution is -2.51. The lowest BCUT2D eigenvalue weighted by molar-refractivity contribution is -0.139. The number of aryl methyl sites for hydroxylation is 1. The topological polar surface area (TPSA) is 105 Å². The molecular formula is C29H35N3O6S. The van der Waals surface area contributed by atoms with Gasteiger partial charge in [-0.3, -0.25) is 13.9 Å². The van der Waals surface area contributed by atoms with E-state index in [1.165, 1.54) is 24.1 Å². The van der Waals surface area contributed by atoms with Crippen molar-refractivity contribution in [1.29, 1.82) is 0 Å². The molecule has 0 aliphatic carbocycles. The number of carbonyl (C=O) groups is 2. The van der Waals surface area contributed by atoms with Crippen LogP contribution in [0.4, 0.5) is 5.69 Å². The number of anilines is 1. The predicted molar refractivity (Wildman–Crippen MR) is 150 cm³/mol. The van der Waals surface area contributed by atoms with Crippen LogP contribution in [0.1, 0.15) is 25.0 Å². The predicted octanol–water partition coefficient (Wildman–Crippen LogP) is 3.76. The first kappa shape index (κ1) is 29.5. The van der Waals surface area contributed by atoms with E-state index in [9.17, 15) is 18.0 Å². The van der Waals surface area contributed by atoms with Crippen LogP contribution >= 0.6 is 0 Å². The normalized spacial score (nSPS) is 11.8. The molecule has 10 heteroatoms. The molecule has 0 bridgehead atoms. The van der Waals surface area contributed by atoms with E-state index >= 15 is 0 Å². The van der Waals surface area contributed by atoms with Crippen molar-refractivity contribution < 1.29 is 27.5 Å². The maximum absolute atomic E-state index is 13.9. The Balaban J connectivity index is 2.02. The Labute approximate surface area is 230 Å². The van der Waals surface area contributed by atoms with Gasteiger partial charge in [0.15, 0.2) is 0 Å². The van der Waals surface area contributed by atoms with Crippen LogP contribution in [-0.4, -0.2) is 58.5 Å². The summed E-state index contributed by atoms with van der Waals surface area (Å²) < 4.78 is 39.2. The van der Waals surface area contributed by atoms with Crippen molar-refractivity contribution in [2.45, 2.75) is 38.3 Å². The molecule has 9 nitrogen and oxygen atoms in total. The molecule has 0 aliphatic rings. The van der Waals surface area contributed by atoms with E-state index in [0.29, 0.717) is 23.7 Å². The first-order chi connectivity index (χ1) is 18.6. The van der Waals surface area contributed by atoms with E-state index in [0.717, 1.165) is 15.4 Å². The van der Waals surface area contributed by atoms with Gasteiger partial charge in [-0.2, -0.15) is 0 Å². The van der Waals surface area contributed by atoms with Crippen LogP contribution < -0.4 is 19.1 Å². The van der Waals surface area contributed by atoms with Crippen LogP contribution in [0, 0.1) is 6.92 Å². The van der Waals surface area contributed by atoms with Crippen molar-refractivity contribution in [3.8, 4) is 11.5 Å². The molecule has 0 aliphatic heterocycles. The van der Waals surface area contributed by atoms with Crippen molar-refractivity contribution in [1.82, 2.24) is 10.2 Å². The summed E-state index contributed by atoms with van der Waals surface area (Å²) in [5, 5.41) is 2.75. The molecule has 3 rings (SSSR count). The molecule has 0 saturated heterocycles. The van der Waals surface area contributed by atoms with E-state index < -0.39 is 28.5 Å². The third kappa shape index (κ3) is 7.29. The number of carbonyl (C=O) groups excluding carboxylic acids is 2. The van der Waals surface area contributed by atoms with Crippen molar-refractivity contribution in [3.05, 3.63) is 83.9 Å². The summed E-state index contributed by atoms with van der Waals surface area (Å²) in [7, 11) is -1.11. The zero-order chi connectivity index (χ0) is 28.6. The molecule has 3 aromatic carbocycles. The van der Waals surface area contributed by atoms with Gasteiger partial charge in [-0.25, -0.2) is 8.42 Å². The highest BCUT2D eigenvalue weighted by atomic mass is 32.2. The second kappa shape index (κ2) is 13.1. The van der Waals surface area contributed by atoms with Crippen LogP contribution in [0.2, 0.25) is 0 Å². The molecule has 208 valence electrons. The summed E-state index contributed by atoms with van der Waals surface area (Å²) in [6, 6.07) is 19.2. The molecule has 2 amide bonds. The number of likely N-dealkylation sites (N-methyl/N-ethyl adjacent to an activating group) is 1. The maximum Gasteiger partial charge on any atom is 0.264 e. The molecule has 0 aromatic heterocycles. The number of methoxy groups -OCH3 is 2. The fourth-order valence-corrected chi connectivity index (χ4v) is 5.40. The third-order valence-corrected chi connectivity index (χ3v) is 8.04. The zero-order valence-corrected chi connectivity index (χ0v) is 23.7. The highest BCUT2D eigenvalue weighted by Crippen LogP contribution is 2.26. The van der Waals surface area contributed by atoms with Gasteiger partial charge in [-0.05, 0) is 74.9 Å². The Kier molecular flexibility index (Phi) is 9.95. The van der Waals surface area contributed by atoms with Crippen LogP contribution in [0.15, 0.2) is 77.7 Å². The van der Waals surface area contributed by atoms with Gasteiger partial charge in [-0.15, -0.1) is 0 Å². The van der Waals surface area contributed by atoms with Gasteiger partial charge in [0.1, 0.15) is 24.1 Å². The van der Waals surface area contributed by atoms with E-state index in [2.05, 4.69) is 5.32 Å². The lowest BCUT2D eigenvalue weighted by atomic mass is 10.1. The highest BCUT2D eigenvalue weighted by Gasteiger charge is 2.32. The largest absolute Gasteiger partial charge is 0.497 e. The fraction of sp³-hybridized carbons (Fsp3) is 0.310. The number of ether oxygens (including phenoxy) is 2. The van der Waals surface area contributed by atoms with E-state index in [4.69, 9.17) is 9.47 Å². The standard InChI is InChI=1S/C29H35N3O6S/c1-6-30-29(34)22(3)31(19-23-8-7-9-26(18-23)38-5)28(33)20-32(24-12-10-21(2)11-13-24)39(35,36)27-16-14-25(37-4)15-17-27/h7-18,22H,6,19-20H2,1-5H3,(H,30,34)/t22-/m1/s1. The number of nitrogens with zero attached hydrogens (tertiary/aromatic N) is 2. The van der Waals surface area contributed by atoms with Gasteiger partial charge in [0.05, 0.1) is 24.8 Å².